The van der Waals surface area contributed by atoms with Crippen molar-refractivity contribution in [2.45, 2.75) is 122 Å². The van der Waals surface area contributed by atoms with Gasteiger partial charge in [0.25, 0.3) is 5.91 Å². The number of benzene rings is 2. The van der Waals surface area contributed by atoms with Crippen LogP contribution in [0.5, 0.6) is 5.75 Å². The van der Waals surface area contributed by atoms with E-state index in [0.717, 1.165) is 38.3 Å². The summed E-state index contributed by atoms with van der Waals surface area (Å²) in [6.07, 6.45) is 11.6. The second-order valence-electron chi connectivity index (χ2n) is 15.5. The fourth-order valence-corrected chi connectivity index (χ4v) is 7.45. The minimum absolute atomic E-state index is 0.0124. The van der Waals surface area contributed by atoms with Gasteiger partial charge in [0.15, 0.2) is 0 Å². The van der Waals surface area contributed by atoms with E-state index in [-0.39, 0.29) is 48.9 Å². The number of carbonyl (C=O) groups excluding carboxylic acids is 3. The van der Waals surface area contributed by atoms with E-state index in [1.807, 2.05) is 26.0 Å². The zero-order chi connectivity index (χ0) is 38.2. The highest BCUT2D eigenvalue weighted by Gasteiger charge is 2.31. The van der Waals surface area contributed by atoms with Crippen LogP contribution >= 0.6 is 0 Å². The Morgan fingerprint density at radius 2 is 1.64 bits per heavy atom. The number of nitrogens with zero attached hydrogens (tertiary/aromatic N) is 2. The Morgan fingerprint density at radius 3 is 2.36 bits per heavy atom. The van der Waals surface area contributed by atoms with Gasteiger partial charge in [0.1, 0.15) is 5.75 Å². The average molecular weight is 736 g/mol. The van der Waals surface area contributed by atoms with E-state index < -0.39 is 6.04 Å². The first-order chi connectivity index (χ1) is 25.5. The van der Waals surface area contributed by atoms with Crippen LogP contribution in [0.4, 0.5) is 17.1 Å². The number of rotatable bonds is 14. The number of nitrogens with one attached hydrogen (secondary N) is 2. The van der Waals surface area contributed by atoms with Crippen LogP contribution in [0.1, 0.15) is 115 Å². The van der Waals surface area contributed by atoms with Crippen LogP contribution in [-0.4, -0.2) is 90.8 Å². The van der Waals surface area contributed by atoms with Gasteiger partial charge in [-0.15, -0.1) is 0 Å². The molecule has 294 valence electrons. The molecule has 11 nitrogen and oxygen atoms in total. The first-order valence-electron chi connectivity index (χ1n) is 20.0. The summed E-state index contributed by atoms with van der Waals surface area (Å²) in [7, 11) is 2.18. The highest BCUT2D eigenvalue weighted by atomic mass is 16.5. The number of carbonyl (C=O) groups is 3. The van der Waals surface area contributed by atoms with E-state index >= 15 is 0 Å². The molecule has 1 heterocycles. The number of unbranched alkanes of at least 4 members (excludes halogenated alkanes) is 2. The smallest absolute Gasteiger partial charge is 0.258 e. The lowest BCUT2D eigenvalue weighted by Gasteiger charge is -2.36. The van der Waals surface area contributed by atoms with Crippen molar-refractivity contribution in [3.05, 3.63) is 48.0 Å². The van der Waals surface area contributed by atoms with Crippen molar-refractivity contribution < 1.29 is 29.0 Å². The van der Waals surface area contributed by atoms with Crippen LogP contribution in [-0.2, 0) is 14.3 Å². The third-order valence-electron chi connectivity index (χ3n) is 10.7. The summed E-state index contributed by atoms with van der Waals surface area (Å²) in [4.78, 5) is 43.9. The Balaban J connectivity index is 1.40. The number of likely N-dealkylation sites (N-methyl/N-ethyl adjacent to an activating group) is 1. The molecular formula is C42H65N5O6. The fraction of sp³-hybridized carbons (Fsp3) is 0.643. The maximum absolute atomic E-state index is 14.5. The van der Waals surface area contributed by atoms with Gasteiger partial charge >= 0.3 is 0 Å². The molecule has 0 radical (unpaired) electrons. The van der Waals surface area contributed by atoms with Crippen molar-refractivity contribution in [1.29, 1.82) is 0 Å². The molecule has 1 saturated carbocycles. The normalized spacial score (nSPS) is 21.3. The van der Waals surface area contributed by atoms with E-state index in [2.05, 4.69) is 29.5 Å². The number of fused-ring (bicyclic) bond motifs is 1. The fourth-order valence-electron chi connectivity index (χ4n) is 7.45. The first kappa shape index (κ1) is 42.1. The largest absolute Gasteiger partial charge is 0.490 e. The number of aliphatic hydroxyl groups is 1. The summed E-state index contributed by atoms with van der Waals surface area (Å²) in [5.74, 6) is 0.678. The Labute approximate surface area is 317 Å². The van der Waals surface area contributed by atoms with Gasteiger partial charge in [0.2, 0.25) is 11.8 Å². The third-order valence-corrected chi connectivity index (χ3v) is 10.7. The number of hydrogen-bond acceptors (Lipinski definition) is 8. The topological polar surface area (TPSA) is 146 Å². The van der Waals surface area contributed by atoms with Crippen molar-refractivity contribution in [3.63, 3.8) is 0 Å². The zero-order valence-corrected chi connectivity index (χ0v) is 32.6. The molecule has 4 rings (SSSR count). The first-order valence-corrected chi connectivity index (χ1v) is 20.0. The monoisotopic (exact) mass is 735 g/mol. The molecule has 53 heavy (non-hydrogen) atoms. The molecule has 4 atom stereocenters. The summed E-state index contributed by atoms with van der Waals surface area (Å²) < 4.78 is 12.9. The summed E-state index contributed by atoms with van der Waals surface area (Å²) in [5.41, 5.74) is 7.90. The number of amides is 3. The third kappa shape index (κ3) is 13.9. The number of hydrogen-bond donors (Lipinski definition) is 4. The standard InChI is InChI=1S/C42H65N5O6/c1-30-26-47(31(2)29-48)42(51)35-25-34(44-40(49)20-9-6-10-21-41(50)45-37-19-12-11-18-36(37)43)22-23-38(35)53-32(3)15-13-14-24-52-39(30)28-46(4)27-33-16-7-5-8-17-33/h11-12,18-19,22-23,25,30-33,39,48H,5-10,13-17,20-21,24,26-29,43H2,1-4H3,(H,44,49)(H,45,50)/t30-,31+,32-,39-/m1/s1. The quantitative estimate of drug-likeness (QED) is 0.119. The Hall–Kier alpha value is -3.67. The molecule has 0 saturated heterocycles. The van der Waals surface area contributed by atoms with Crippen LogP contribution in [0.15, 0.2) is 42.5 Å². The lowest BCUT2D eigenvalue weighted by molar-refractivity contribution is -0.116. The lowest BCUT2D eigenvalue weighted by atomic mass is 9.89. The van der Waals surface area contributed by atoms with Gasteiger partial charge < -0.3 is 40.7 Å². The summed E-state index contributed by atoms with van der Waals surface area (Å²) >= 11 is 0. The van der Waals surface area contributed by atoms with Gasteiger partial charge in [-0.3, -0.25) is 14.4 Å². The van der Waals surface area contributed by atoms with Crippen molar-refractivity contribution in [2.75, 3.05) is 56.3 Å². The molecule has 1 aliphatic heterocycles. The lowest BCUT2D eigenvalue weighted by Crippen LogP contribution is -2.47. The minimum atomic E-state index is -0.436. The molecular weight excluding hydrogens is 670 g/mol. The van der Waals surface area contributed by atoms with Crippen LogP contribution in [0.25, 0.3) is 0 Å². The molecule has 0 aromatic heterocycles. The maximum Gasteiger partial charge on any atom is 0.258 e. The van der Waals surface area contributed by atoms with Crippen LogP contribution in [0.2, 0.25) is 0 Å². The van der Waals surface area contributed by atoms with Crippen molar-refractivity contribution >= 4 is 34.8 Å². The Bertz CT molecular complexity index is 1450. The molecule has 3 amide bonds. The van der Waals surface area contributed by atoms with Gasteiger partial charge in [-0.1, -0.05) is 44.7 Å². The van der Waals surface area contributed by atoms with Crippen molar-refractivity contribution in [2.24, 2.45) is 11.8 Å². The molecule has 2 aromatic rings. The SMILES string of the molecule is C[C@@H]1CCCCO[C@H](CN(C)CC2CCCCC2)[C@H](C)CN([C@@H](C)CO)C(=O)c2cc(NC(=O)CCCCCC(=O)Nc3ccccc3N)ccc2O1. The maximum atomic E-state index is 14.5. The number of aliphatic hydroxyl groups excluding tert-OH is 1. The highest BCUT2D eigenvalue weighted by Crippen LogP contribution is 2.29. The van der Waals surface area contributed by atoms with E-state index in [0.29, 0.717) is 67.2 Å². The predicted octanol–water partition coefficient (Wildman–Crippen LogP) is 7.10. The molecule has 2 aromatic carbocycles. The summed E-state index contributed by atoms with van der Waals surface area (Å²) in [6, 6.07) is 11.9. The van der Waals surface area contributed by atoms with E-state index in [1.54, 1.807) is 35.2 Å². The van der Waals surface area contributed by atoms with Gasteiger partial charge in [0.05, 0.1) is 41.8 Å². The van der Waals surface area contributed by atoms with Gasteiger partial charge in [0, 0.05) is 50.7 Å². The molecule has 0 bridgehead atoms. The van der Waals surface area contributed by atoms with Crippen LogP contribution in [0.3, 0.4) is 0 Å². The molecule has 0 spiro atoms. The van der Waals surface area contributed by atoms with E-state index in [1.165, 1.54) is 32.1 Å². The molecule has 0 unspecified atom stereocenters. The van der Waals surface area contributed by atoms with E-state index in [9.17, 15) is 19.5 Å². The van der Waals surface area contributed by atoms with Crippen LogP contribution < -0.4 is 21.1 Å². The van der Waals surface area contributed by atoms with Crippen molar-refractivity contribution in [3.8, 4) is 5.75 Å². The number of nitrogen functional groups attached to an aromatic ring is 1. The van der Waals surface area contributed by atoms with Crippen LogP contribution in [0, 0.1) is 11.8 Å². The minimum Gasteiger partial charge on any atom is -0.490 e. The second-order valence-corrected chi connectivity index (χ2v) is 15.5. The van der Waals surface area contributed by atoms with Gasteiger partial charge in [-0.2, -0.15) is 0 Å². The van der Waals surface area contributed by atoms with Gasteiger partial charge in [-0.25, -0.2) is 0 Å². The molecule has 5 N–H and O–H groups in total. The number of ether oxygens (including phenoxy) is 2. The zero-order valence-electron chi connectivity index (χ0n) is 32.6. The summed E-state index contributed by atoms with van der Waals surface area (Å²) in [5, 5.41) is 16.1. The number of anilines is 3. The molecule has 11 heteroatoms. The molecule has 1 aliphatic carbocycles. The number of nitrogens with two attached hydrogens (primary N) is 1. The molecule has 2 aliphatic rings. The second kappa shape index (κ2) is 21.9. The molecule has 1 fully saturated rings. The van der Waals surface area contributed by atoms with Crippen molar-refractivity contribution in [1.82, 2.24) is 9.80 Å². The Kier molecular flexibility index (Phi) is 17.4. The van der Waals surface area contributed by atoms with E-state index in [4.69, 9.17) is 15.2 Å². The van der Waals surface area contributed by atoms with Gasteiger partial charge in [-0.05, 0) is 102 Å². The Morgan fingerprint density at radius 1 is 0.943 bits per heavy atom. The number of para-hydroxylation sites is 2. The summed E-state index contributed by atoms with van der Waals surface area (Å²) in [6.45, 7) is 8.72. The predicted molar refractivity (Wildman–Crippen MR) is 212 cm³/mol. The highest BCUT2D eigenvalue weighted by molar-refractivity contribution is 6.00. The average Bonchev–Trinajstić information content (AvgIpc) is 3.14.